The molecule has 1 unspecified atom stereocenters. The molecule has 0 fully saturated rings. The fraction of sp³-hybridized carbons (Fsp3) is 0.300. The van der Waals surface area contributed by atoms with E-state index in [0.717, 1.165) is 5.57 Å². The zero-order valence-electron chi connectivity index (χ0n) is 8.16. The second-order valence-electron chi connectivity index (χ2n) is 2.97. The molecule has 0 aliphatic carbocycles. The molecule has 0 aliphatic heterocycles. The Morgan fingerprint density at radius 1 is 1.64 bits per heavy atom. The number of halogens is 1. The fourth-order valence-corrected chi connectivity index (χ4v) is 1.00. The van der Waals surface area contributed by atoms with E-state index in [1.807, 2.05) is 6.92 Å². The Hall–Kier alpha value is -1.06. The molecule has 0 heterocycles. The van der Waals surface area contributed by atoms with Gasteiger partial charge < -0.3 is 16.3 Å². The number of rotatable bonds is 5. The van der Waals surface area contributed by atoms with E-state index >= 15 is 0 Å². The molecule has 4 N–H and O–H groups in total. The van der Waals surface area contributed by atoms with Crippen molar-refractivity contribution in [3.05, 3.63) is 35.0 Å². The van der Waals surface area contributed by atoms with E-state index in [0.29, 0.717) is 17.0 Å². The van der Waals surface area contributed by atoms with Crippen LogP contribution in [0.1, 0.15) is 13.3 Å². The first kappa shape index (κ1) is 12.9. The summed E-state index contributed by atoms with van der Waals surface area (Å²) in [6.07, 6.45) is 4.25. The van der Waals surface area contributed by atoms with Gasteiger partial charge in [-0.1, -0.05) is 29.8 Å². The second kappa shape index (κ2) is 6.40. The van der Waals surface area contributed by atoms with Gasteiger partial charge in [-0.25, -0.2) is 0 Å². The third-order valence-electron chi connectivity index (χ3n) is 1.61. The molecule has 1 atom stereocenters. The highest BCUT2D eigenvalue weighted by Crippen LogP contribution is 2.13. The predicted octanol–water partition coefficient (Wildman–Crippen LogP) is 1.44. The highest BCUT2D eigenvalue weighted by atomic mass is 35.5. The van der Waals surface area contributed by atoms with Gasteiger partial charge in [-0.2, -0.15) is 0 Å². The van der Waals surface area contributed by atoms with Crippen LogP contribution in [0.25, 0.3) is 0 Å². The normalized spacial score (nSPS) is 15.8. The molecule has 0 radical (unpaired) electrons. The summed E-state index contributed by atoms with van der Waals surface area (Å²) in [6, 6.07) is -0.596. The van der Waals surface area contributed by atoms with Crippen molar-refractivity contribution in [3.63, 3.8) is 0 Å². The minimum atomic E-state index is -0.596. The SMILES string of the molecule is C=C/C(C)=C\C(Cl)=C(/N)CC(N)C=O. The minimum absolute atomic E-state index is 0.267. The lowest BCUT2D eigenvalue weighted by molar-refractivity contribution is -0.108. The zero-order valence-corrected chi connectivity index (χ0v) is 8.92. The Bertz CT molecular complexity index is 282. The average molecular weight is 215 g/mol. The number of hydrogen-bond donors (Lipinski definition) is 2. The summed E-state index contributed by atoms with van der Waals surface area (Å²) in [5.41, 5.74) is 12.3. The quantitative estimate of drug-likeness (QED) is 0.538. The van der Waals surface area contributed by atoms with Gasteiger partial charge in [0.1, 0.15) is 6.29 Å². The molecule has 0 bridgehead atoms. The van der Waals surface area contributed by atoms with E-state index < -0.39 is 6.04 Å². The summed E-state index contributed by atoms with van der Waals surface area (Å²) in [6.45, 7) is 5.43. The smallest absolute Gasteiger partial charge is 0.137 e. The highest BCUT2D eigenvalue weighted by molar-refractivity contribution is 6.31. The van der Waals surface area contributed by atoms with Crippen LogP contribution in [0.5, 0.6) is 0 Å². The van der Waals surface area contributed by atoms with Crippen molar-refractivity contribution < 1.29 is 4.79 Å². The van der Waals surface area contributed by atoms with Gasteiger partial charge in [0, 0.05) is 12.1 Å². The van der Waals surface area contributed by atoms with E-state index in [1.54, 1.807) is 12.2 Å². The van der Waals surface area contributed by atoms with Crippen molar-refractivity contribution in [2.45, 2.75) is 19.4 Å². The molecule has 14 heavy (non-hydrogen) atoms. The molecule has 0 saturated carbocycles. The van der Waals surface area contributed by atoms with E-state index in [1.165, 1.54) is 0 Å². The highest BCUT2D eigenvalue weighted by Gasteiger charge is 2.04. The van der Waals surface area contributed by atoms with Gasteiger partial charge in [0.05, 0.1) is 11.1 Å². The Morgan fingerprint density at radius 3 is 2.64 bits per heavy atom. The predicted molar refractivity (Wildman–Crippen MR) is 59.7 cm³/mol. The molecule has 0 saturated heterocycles. The average Bonchev–Trinajstić information content (AvgIpc) is 2.17. The second-order valence-corrected chi connectivity index (χ2v) is 3.38. The molecule has 4 heteroatoms. The molecule has 78 valence electrons. The van der Waals surface area contributed by atoms with Crippen LogP contribution < -0.4 is 11.5 Å². The lowest BCUT2D eigenvalue weighted by atomic mass is 10.1. The lowest BCUT2D eigenvalue weighted by Gasteiger charge is -2.05. The Labute approximate surface area is 89.1 Å². The van der Waals surface area contributed by atoms with Crippen LogP contribution in [0.2, 0.25) is 0 Å². The van der Waals surface area contributed by atoms with Crippen molar-refractivity contribution in [1.82, 2.24) is 0 Å². The van der Waals surface area contributed by atoms with Crippen LogP contribution in [0.15, 0.2) is 35.0 Å². The van der Waals surface area contributed by atoms with Crippen LogP contribution >= 0.6 is 11.6 Å². The summed E-state index contributed by atoms with van der Waals surface area (Å²) < 4.78 is 0. The molecule has 0 aliphatic rings. The summed E-state index contributed by atoms with van der Waals surface area (Å²) in [5, 5.41) is 0.403. The third kappa shape index (κ3) is 4.84. The van der Waals surface area contributed by atoms with E-state index in [-0.39, 0.29) is 6.42 Å². The molecule has 0 aromatic heterocycles. The first-order valence-electron chi connectivity index (χ1n) is 4.17. The topological polar surface area (TPSA) is 69.1 Å². The first-order chi connectivity index (χ1) is 6.51. The number of aldehydes is 1. The number of hydrogen-bond acceptors (Lipinski definition) is 3. The summed E-state index contributed by atoms with van der Waals surface area (Å²) in [7, 11) is 0. The van der Waals surface area contributed by atoms with Crippen molar-refractivity contribution >= 4 is 17.9 Å². The fourth-order valence-electron chi connectivity index (χ4n) is 0.751. The molecule has 0 amide bonds. The molecule has 0 aromatic carbocycles. The van der Waals surface area contributed by atoms with Crippen molar-refractivity contribution in [2.75, 3.05) is 0 Å². The number of allylic oxidation sites excluding steroid dienone is 4. The first-order valence-corrected chi connectivity index (χ1v) is 4.54. The van der Waals surface area contributed by atoms with Gasteiger partial charge >= 0.3 is 0 Å². The zero-order chi connectivity index (χ0) is 11.1. The number of carbonyl (C=O) groups is 1. The molecule has 0 spiro atoms. The van der Waals surface area contributed by atoms with Crippen LogP contribution in [0.3, 0.4) is 0 Å². The van der Waals surface area contributed by atoms with Gasteiger partial charge in [-0.15, -0.1) is 0 Å². The van der Waals surface area contributed by atoms with E-state index in [4.69, 9.17) is 23.1 Å². The maximum absolute atomic E-state index is 10.3. The molecule has 3 nitrogen and oxygen atoms in total. The number of carbonyl (C=O) groups excluding carboxylic acids is 1. The van der Waals surface area contributed by atoms with Gasteiger partial charge in [0.15, 0.2) is 0 Å². The standard InChI is InChI=1S/C10H15ClN2O/c1-3-7(2)4-9(11)10(13)5-8(12)6-14/h3-4,6,8H,1,5,12-13H2,2H3/b7-4-,10-9+. The van der Waals surface area contributed by atoms with Crippen LogP contribution in [-0.2, 0) is 4.79 Å². The summed E-state index contributed by atoms with van der Waals surface area (Å²) >= 11 is 5.86. The van der Waals surface area contributed by atoms with Crippen molar-refractivity contribution in [1.29, 1.82) is 0 Å². The monoisotopic (exact) mass is 214 g/mol. The maximum atomic E-state index is 10.3. The molecule has 0 rings (SSSR count). The summed E-state index contributed by atoms with van der Waals surface area (Å²) in [4.78, 5) is 10.3. The van der Waals surface area contributed by atoms with Gasteiger partial charge in [0.25, 0.3) is 0 Å². The summed E-state index contributed by atoms with van der Waals surface area (Å²) in [5.74, 6) is 0. The van der Waals surface area contributed by atoms with Crippen LogP contribution in [-0.4, -0.2) is 12.3 Å². The van der Waals surface area contributed by atoms with Crippen molar-refractivity contribution in [2.24, 2.45) is 11.5 Å². The van der Waals surface area contributed by atoms with Crippen LogP contribution in [0, 0.1) is 0 Å². The van der Waals surface area contributed by atoms with Crippen molar-refractivity contribution in [3.8, 4) is 0 Å². The van der Waals surface area contributed by atoms with E-state index in [9.17, 15) is 4.79 Å². The number of nitrogens with two attached hydrogens (primary N) is 2. The molecule has 0 aromatic rings. The van der Waals surface area contributed by atoms with E-state index in [2.05, 4.69) is 6.58 Å². The Kier molecular flexibility index (Phi) is 5.92. The molecular formula is C10H15ClN2O. The Morgan fingerprint density at radius 2 is 2.21 bits per heavy atom. The molecular weight excluding hydrogens is 200 g/mol. The van der Waals surface area contributed by atoms with Gasteiger partial charge in [0.2, 0.25) is 0 Å². The Balaban J connectivity index is 4.58. The third-order valence-corrected chi connectivity index (χ3v) is 1.97. The largest absolute Gasteiger partial charge is 0.401 e. The van der Waals surface area contributed by atoms with Gasteiger partial charge in [-0.3, -0.25) is 0 Å². The van der Waals surface area contributed by atoms with Crippen LogP contribution in [0.4, 0.5) is 0 Å². The minimum Gasteiger partial charge on any atom is -0.401 e. The maximum Gasteiger partial charge on any atom is 0.137 e. The van der Waals surface area contributed by atoms with Gasteiger partial charge in [-0.05, 0) is 13.0 Å². The lowest BCUT2D eigenvalue weighted by Crippen LogP contribution is -2.24.